The van der Waals surface area contributed by atoms with Gasteiger partial charge in [-0.3, -0.25) is 9.69 Å². The van der Waals surface area contributed by atoms with Crippen molar-refractivity contribution in [2.45, 2.75) is 13.0 Å². The van der Waals surface area contributed by atoms with Gasteiger partial charge in [0.15, 0.2) is 0 Å². The van der Waals surface area contributed by atoms with E-state index < -0.39 is 0 Å². The molecule has 0 spiro atoms. The fourth-order valence-corrected chi connectivity index (χ4v) is 1.66. The topological polar surface area (TPSA) is 53.6 Å². The number of carbonyl (C=O) groups excluding carboxylic acids is 1. The van der Waals surface area contributed by atoms with Crippen molar-refractivity contribution in [3.8, 4) is 0 Å². The lowest BCUT2D eigenvalue weighted by molar-refractivity contribution is -0.120. The summed E-state index contributed by atoms with van der Waals surface area (Å²) in [7, 11) is 1.77. The van der Waals surface area contributed by atoms with Crippen LogP contribution >= 0.6 is 0 Å². The van der Waals surface area contributed by atoms with E-state index in [1.54, 1.807) is 7.05 Å². The van der Waals surface area contributed by atoms with Gasteiger partial charge in [-0.05, 0) is 14.0 Å². The van der Waals surface area contributed by atoms with Crippen molar-refractivity contribution < 1.29 is 9.53 Å². The number of hydrogen-bond acceptors (Lipinski definition) is 4. The quantitative estimate of drug-likeness (QED) is 0.620. The molecular weight excluding hydrogens is 194 g/mol. The highest BCUT2D eigenvalue weighted by molar-refractivity contribution is 5.77. The van der Waals surface area contributed by atoms with E-state index in [1.165, 1.54) is 0 Å². The molecule has 0 aromatic carbocycles. The van der Waals surface area contributed by atoms with E-state index in [9.17, 15) is 4.79 Å². The first-order valence-electron chi connectivity index (χ1n) is 5.47. The number of likely N-dealkylation sites (N-methyl/N-ethyl adjacent to an activating group) is 1. The van der Waals surface area contributed by atoms with Crippen LogP contribution in [0.1, 0.15) is 6.92 Å². The van der Waals surface area contributed by atoms with Gasteiger partial charge in [0, 0.05) is 25.7 Å². The lowest BCUT2D eigenvalue weighted by Gasteiger charge is -2.33. The number of morpholine rings is 1. The zero-order valence-corrected chi connectivity index (χ0v) is 9.58. The largest absolute Gasteiger partial charge is 0.379 e. The van der Waals surface area contributed by atoms with E-state index >= 15 is 0 Å². The molecule has 1 fully saturated rings. The Labute approximate surface area is 91.2 Å². The van der Waals surface area contributed by atoms with Crippen molar-refractivity contribution in [3.63, 3.8) is 0 Å². The van der Waals surface area contributed by atoms with Crippen molar-refractivity contribution >= 4 is 5.91 Å². The fraction of sp³-hybridized carbons (Fsp3) is 0.900. The molecule has 15 heavy (non-hydrogen) atoms. The molecule has 1 aliphatic rings. The van der Waals surface area contributed by atoms with Crippen molar-refractivity contribution in [1.29, 1.82) is 0 Å². The smallest absolute Gasteiger partial charge is 0.233 e. The molecule has 1 atom stereocenters. The Bertz CT molecular complexity index is 199. The summed E-state index contributed by atoms with van der Waals surface area (Å²) in [6, 6.07) is 0.458. The third-order valence-corrected chi connectivity index (χ3v) is 2.56. The second kappa shape index (κ2) is 6.76. The summed E-state index contributed by atoms with van der Waals surface area (Å²) in [5, 5.41) is 5.69. The van der Waals surface area contributed by atoms with Crippen LogP contribution in [0.5, 0.6) is 0 Å². The minimum Gasteiger partial charge on any atom is -0.379 e. The molecule has 5 heteroatoms. The van der Waals surface area contributed by atoms with Crippen LogP contribution in [0.15, 0.2) is 0 Å². The first kappa shape index (κ1) is 12.4. The number of nitrogens with one attached hydrogen (secondary N) is 2. The minimum atomic E-state index is 0.0541. The maximum Gasteiger partial charge on any atom is 0.233 e. The van der Waals surface area contributed by atoms with Crippen LogP contribution in [0.2, 0.25) is 0 Å². The van der Waals surface area contributed by atoms with Crippen LogP contribution in [0.25, 0.3) is 0 Å². The molecular formula is C10H21N3O2. The van der Waals surface area contributed by atoms with Crippen molar-refractivity contribution in [3.05, 3.63) is 0 Å². The Morgan fingerprint density at radius 1 is 1.60 bits per heavy atom. The third kappa shape index (κ3) is 4.59. The second-order valence-electron chi connectivity index (χ2n) is 3.84. The summed E-state index contributed by atoms with van der Waals surface area (Å²) in [5.41, 5.74) is 0. The first-order valence-corrected chi connectivity index (χ1v) is 5.47. The zero-order valence-electron chi connectivity index (χ0n) is 9.58. The average Bonchev–Trinajstić information content (AvgIpc) is 2.21. The second-order valence-corrected chi connectivity index (χ2v) is 3.84. The van der Waals surface area contributed by atoms with Gasteiger partial charge < -0.3 is 15.4 Å². The van der Waals surface area contributed by atoms with Gasteiger partial charge in [-0.2, -0.15) is 0 Å². The Balaban J connectivity index is 2.10. The molecule has 0 radical (unpaired) electrons. The lowest BCUT2D eigenvalue weighted by Crippen LogP contribution is -2.47. The van der Waals surface area contributed by atoms with Gasteiger partial charge in [-0.15, -0.1) is 0 Å². The molecule has 1 unspecified atom stereocenters. The molecule has 0 aliphatic carbocycles. The molecule has 1 saturated heterocycles. The molecule has 5 nitrogen and oxygen atoms in total. The summed E-state index contributed by atoms with van der Waals surface area (Å²) in [4.78, 5) is 13.5. The normalized spacial score (nSPS) is 22.7. The lowest BCUT2D eigenvalue weighted by atomic mass is 10.2. The van der Waals surface area contributed by atoms with Gasteiger partial charge in [0.2, 0.25) is 5.91 Å². The van der Waals surface area contributed by atoms with Crippen LogP contribution in [0, 0.1) is 0 Å². The van der Waals surface area contributed by atoms with E-state index in [4.69, 9.17) is 4.74 Å². The van der Waals surface area contributed by atoms with Crippen LogP contribution in [-0.4, -0.2) is 63.3 Å². The Morgan fingerprint density at radius 2 is 2.40 bits per heavy atom. The van der Waals surface area contributed by atoms with Crippen LogP contribution < -0.4 is 10.6 Å². The van der Waals surface area contributed by atoms with Gasteiger partial charge in [0.25, 0.3) is 0 Å². The Hall–Kier alpha value is -0.650. The highest BCUT2D eigenvalue weighted by Gasteiger charge is 2.17. The monoisotopic (exact) mass is 215 g/mol. The number of ether oxygens (including phenoxy) is 1. The average molecular weight is 215 g/mol. The van der Waals surface area contributed by atoms with Gasteiger partial charge in [0.1, 0.15) is 0 Å². The van der Waals surface area contributed by atoms with Crippen LogP contribution in [-0.2, 0) is 9.53 Å². The zero-order chi connectivity index (χ0) is 11.1. The molecule has 1 heterocycles. The Kier molecular flexibility index (Phi) is 5.60. The number of rotatable bonds is 5. The fourth-order valence-electron chi connectivity index (χ4n) is 1.66. The van der Waals surface area contributed by atoms with Crippen molar-refractivity contribution in [2.75, 3.05) is 46.4 Å². The Morgan fingerprint density at radius 3 is 3.07 bits per heavy atom. The highest BCUT2D eigenvalue weighted by Crippen LogP contribution is 2.04. The number of hydrogen-bond donors (Lipinski definition) is 2. The maximum atomic E-state index is 11.1. The highest BCUT2D eigenvalue weighted by atomic mass is 16.5. The molecule has 0 saturated carbocycles. The summed E-state index contributed by atoms with van der Waals surface area (Å²) in [6.07, 6.45) is 0. The standard InChI is InChI=1S/C10H21N3O2/c1-9-8-15-6-5-13(9)4-3-12-10(14)7-11-2/h9,11H,3-8H2,1-2H3,(H,12,14). The van der Waals surface area contributed by atoms with Crippen LogP contribution in [0.3, 0.4) is 0 Å². The van der Waals surface area contributed by atoms with E-state index in [2.05, 4.69) is 22.5 Å². The van der Waals surface area contributed by atoms with Gasteiger partial charge in [-0.25, -0.2) is 0 Å². The van der Waals surface area contributed by atoms with Crippen molar-refractivity contribution in [1.82, 2.24) is 15.5 Å². The molecule has 1 aliphatic heterocycles. The molecule has 0 bridgehead atoms. The van der Waals surface area contributed by atoms with E-state index in [0.29, 0.717) is 19.1 Å². The third-order valence-electron chi connectivity index (χ3n) is 2.56. The predicted molar refractivity (Wildman–Crippen MR) is 58.8 cm³/mol. The summed E-state index contributed by atoms with van der Waals surface area (Å²) >= 11 is 0. The van der Waals surface area contributed by atoms with Gasteiger partial charge in [0.05, 0.1) is 19.8 Å². The first-order chi connectivity index (χ1) is 7.24. The number of carbonyl (C=O) groups is 1. The molecule has 1 rings (SSSR count). The SMILES string of the molecule is CNCC(=O)NCCN1CCOCC1C. The molecule has 88 valence electrons. The van der Waals surface area contributed by atoms with Crippen molar-refractivity contribution in [2.24, 2.45) is 0 Å². The summed E-state index contributed by atoms with van der Waals surface area (Å²) in [5.74, 6) is 0.0541. The van der Waals surface area contributed by atoms with Crippen LogP contribution in [0.4, 0.5) is 0 Å². The number of nitrogens with zero attached hydrogens (tertiary/aromatic N) is 1. The van der Waals surface area contributed by atoms with E-state index in [0.717, 1.165) is 26.3 Å². The number of amides is 1. The molecule has 0 aromatic rings. The minimum absolute atomic E-state index is 0.0541. The predicted octanol–water partition coefficient (Wildman–Crippen LogP) is -0.957. The van der Waals surface area contributed by atoms with E-state index in [1.807, 2.05) is 0 Å². The van der Waals surface area contributed by atoms with E-state index in [-0.39, 0.29) is 5.91 Å². The molecule has 2 N–H and O–H groups in total. The summed E-state index contributed by atoms with van der Waals surface area (Å²) < 4.78 is 5.34. The summed E-state index contributed by atoms with van der Waals surface area (Å²) in [6.45, 7) is 6.71. The van der Waals surface area contributed by atoms with Gasteiger partial charge >= 0.3 is 0 Å². The molecule has 1 amide bonds. The van der Waals surface area contributed by atoms with Gasteiger partial charge in [-0.1, -0.05) is 0 Å². The maximum absolute atomic E-state index is 11.1. The molecule has 0 aromatic heterocycles.